The van der Waals surface area contributed by atoms with Gasteiger partial charge < -0.3 is 36.2 Å². The maximum atomic E-state index is 13.9. The van der Waals surface area contributed by atoms with E-state index in [-0.39, 0.29) is 12.3 Å². The first-order valence-corrected chi connectivity index (χ1v) is 17.4. The van der Waals surface area contributed by atoms with Gasteiger partial charge in [-0.2, -0.15) is 0 Å². The van der Waals surface area contributed by atoms with Crippen molar-refractivity contribution >= 4 is 58.4 Å². The van der Waals surface area contributed by atoms with E-state index in [4.69, 9.17) is 4.74 Å². The number of benzene rings is 2. The van der Waals surface area contributed by atoms with Crippen LogP contribution in [0.3, 0.4) is 0 Å². The van der Waals surface area contributed by atoms with Gasteiger partial charge in [0.2, 0.25) is 17.7 Å². The fraction of sp³-hybridized carbons (Fsp3) is 0.324. The predicted octanol–water partition coefficient (Wildman–Crippen LogP) is 1.64. The summed E-state index contributed by atoms with van der Waals surface area (Å²) in [5.74, 6) is -6.43. The van der Waals surface area contributed by atoms with E-state index in [1.807, 2.05) is 0 Å². The third-order valence-electron chi connectivity index (χ3n) is 6.87. The van der Waals surface area contributed by atoms with Crippen LogP contribution in [0.15, 0.2) is 82.8 Å². The Labute approximate surface area is 295 Å². The topological polar surface area (TPSA) is 247 Å². The van der Waals surface area contributed by atoms with Crippen molar-refractivity contribution in [1.29, 1.82) is 0 Å². The molecule has 274 valence electrons. The minimum absolute atomic E-state index is 0.129. The Morgan fingerprint density at radius 2 is 1.41 bits per heavy atom. The lowest BCUT2D eigenvalue weighted by atomic mass is 10.0. The molecule has 1 unspecified atom stereocenters. The third kappa shape index (κ3) is 15.5. The van der Waals surface area contributed by atoms with E-state index < -0.39 is 88.5 Å². The molecule has 17 heteroatoms. The number of nitrogens with one attached hydrogen (secondary N) is 4. The number of carboxylic acids is 2. The zero-order valence-electron chi connectivity index (χ0n) is 28.1. The summed E-state index contributed by atoms with van der Waals surface area (Å²) >= 11 is 0. The van der Waals surface area contributed by atoms with Gasteiger partial charge in [0, 0.05) is 11.7 Å². The minimum Gasteiger partial charge on any atom is -0.481 e. The summed E-state index contributed by atoms with van der Waals surface area (Å²) in [6, 6.07) is 10.9. The Morgan fingerprint density at radius 1 is 0.824 bits per heavy atom. The van der Waals surface area contributed by atoms with E-state index in [1.165, 1.54) is 6.08 Å². The number of hydrogen-bond acceptors (Lipinski definition) is 10. The molecule has 0 saturated carbocycles. The van der Waals surface area contributed by atoms with Crippen LogP contribution in [0.25, 0.3) is 6.08 Å². The highest BCUT2D eigenvalue weighted by Crippen LogP contribution is 2.14. The van der Waals surface area contributed by atoms with Crippen molar-refractivity contribution in [3.8, 4) is 0 Å². The van der Waals surface area contributed by atoms with Crippen LogP contribution >= 0.6 is 0 Å². The molecule has 0 spiro atoms. The average Bonchev–Trinajstić information content (AvgIpc) is 3.06. The smallest absolute Gasteiger partial charge is 0.408 e. The van der Waals surface area contributed by atoms with Gasteiger partial charge in [-0.05, 0) is 29.8 Å². The zero-order chi connectivity index (χ0) is 38.1. The molecule has 2 aromatic rings. The fourth-order valence-corrected chi connectivity index (χ4v) is 4.86. The Balaban J connectivity index is 2.42. The lowest BCUT2D eigenvalue weighted by Crippen LogP contribution is -2.59. The minimum atomic E-state index is -3.67. The second-order valence-corrected chi connectivity index (χ2v) is 13.5. The molecule has 0 heterocycles. The average molecular weight is 728 g/mol. The van der Waals surface area contributed by atoms with Crippen LogP contribution in [-0.2, 0) is 45.2 Å². The molecule has 0 aliphatic heterocycles. The van der Waals surface area contributed by atoms with Crippen molar-refractivity contribution in [2.24, 2.45) is 10.9 Å². The van der Waals surface area contributed by atoms with Gasteiger partial charge in [0.05, 0.1) is 24.6 Å². The van der Waals surface area contributed by atoms with E-state index in [0.717, 1.165) is 17.7 Å². The number of aliphatic imine (C=N–C) groups is 1. The maximum absolute atomic E-state index is 13.9. The second-order valence-electron chi connectivity index (χ2n) is 11.5. The second kappa shape index (κ2) is 20.0. The van der Waals surface area contributed by atoms with Gasteiger partial charge in [0.25, 0.3) is 0 Å². The Hall–Kier alpha value is -5.84. The molecule has 6 N–H and O–H groups in total. The Morgan fingerprint density at radius 3 is 1.94 bits per heavy atom. The number of carboxylic acid groups (broad SMARTS) is 2. The van der Waals surface area contributed by atoms with Crippen molar-refractivity contribution in [2.75, 3.05) is 6.26 Å². The number of alkyl carbamates (subject to hydrolysis) is 1. The first-order valence-electron chi connectivity index (χ1n) is 15.4. The standard InChI is InChI=1S/C34H41N5O11S/c1-21(2)29(32(45)36-24(18-27(40)41)15-16-51(4,48)49)38-33(46)30(25(35-3)17-22-11-7-5-8-12-22)39-31(44)26(19-28(42)43)37-34(47)50-20-23-13-9-6-10-14-23/h5-17,21,24,26,29-30H,3,18-20H2,1-2,4H3,(H,36,45)(H,37,47)(H,38,46)(H,39,44)(H,40,41)(H,42,43)/b16-15+,25-17-/t24-,26+,29+,30?/m1/s1. The summed E-state index contributed by atoms with van der Waals surface area (Å²) in [7, 11) is -3.67. The van der Waals surface area contributed by atoms with Gasteiger partial charge in [-0.25, -0.2) is 13.2 Å². The highest BCUT2D eigenvalue weighted by Gasteiger charge is 2.34. The van der Waals surface area contributed by atoms with Gasteiger partial charge in [0.1, 0.15) is 18.7 Å². The monoisotopic (exact) mass is 727 g/mol. The molecule has 0 aromatic heterocycles. The van der Waals surface area contributed by atoms with Crippen LogP contribution in [0.5, 0.6) is 0 Å². The maximum Gasteiger partial charge on any atom is 0.408 e. The highest BCUT2D eigenvalue weighted by molar-refractivity contribution is 7.93. The summed E-state index contributed by atoms with van der Waals surface area (Å²) in [5, 5.41) is 29.0. The van der Waals surface area contributed by atoms with Crippen molar-refractivity contribution < 1.29 is 52.1 Å². The molecule has 0 fully saturated rings. The SMILES string of the molecule is C=N/C(=C\c1ccccc1)C(NC(=O)[C@H](CC(=O)O)NC(=O)OCc1ccccc1)C(=O)N[C@H](C(=O)N[C@H](/C=C/S(C)(=O)=O)CC(=O)O)C(C)C. The molecule has 0 radical (unpaired) electrons. The van der Waals surface area contributed by atoms with Crippen molar-refractivity contribution in [1.82, 2.24) is 21.3 Å². The van der Waals surface area contributed by atoms with Crippen molar-refractivity contribution in [3.63, 3.8) is 0 Å². The Bertz CT molecular complexity index is 1730. The molecule has 2 aromatic carbocycles. The number of aliphatic carboxylic acids is 2. The first kappa shape index (κ1) is 41.3. The number of rotatable bonds is 19. The fourth-order valence-electron chi connectivity index (χ4n) is 4.38. The van der Waals surface area contributed by atoms with E-state index in [0.29, 0.717) is 11.1 Å². The van der Waals surface area contributed by atoms with Crippen molar-refractivity contribution in [3.05, 3.63) is 89.0 Å². The number of sulfone groups is 1. The number of amides is 4. The lowest BCUT2D eigenvalue weighted by Gasteiger charge is -2.27. The Kier molecular flexibility index (Phi) is 16.2. The summed E-state index contributed by atoms with van der Waals surface area (Å²) in [4.78, 5) is 80.3. The molecule has 0 aliphatic rings. The molecular weight excluding hydrogens is 686 g/mol. The summed E-state index contributed by atoms with van der Waals surface area (Å²) in [6.07, 6.45) is 0.600. The molecule has 51 heavy (non-hydrogen) atoms. The lowest BCUT2D eigenvalue weighted by molar-refractivity contribution is -0.140. The molecule has 16 nitrogen and oxygen atoms in total. The molecule has 0 aliphatic carbocycles. The first-order chi connectivity index (χ1) is 24.0. The number of nitrogens with zero attached hydrogens (tertiary/aromatic N) is 1. The van der Waals surface area contributed by atoms with E-state index in [9.17, 15) is 47.4 Å². The van der Waals surface area contributed by atoms with Gasteiger partial charge >= 0.3 is 18.0 Å². The molecular formula is C34H41N5O11S. The quantitative estimate of drug-likeness (QED) is 0.114. The molecule has 2 rings (SSSR count). The van der Waals surface area contributed by atoms with Gasteiger partial charge in [-0.1, -0.05) is 80.6 Å². The summed E-state index contributed by atoms with van der Waals surface area (Å²) in [5.41, 5.74) is 1.03. The highest BCUT2D eigenvalue weighted by atomic mass is 32.2. The number of carbonyl (C=O) groups is 6. The van der Waals surface area contributed by atoms with Gasteiger partial charge in [0.15, 0.2) is 15.9 Å². The van der Waals surface area contributed by atoms with Crippen LogP contribution in [0.2, 0.25) is 0 Å². The van der Waals surface area contributed by atoms with Crippen LogP contribution in [0.1, 0.15) is 37.8 Å². The van der Waals surface area contributed by atoms with Crippen molar-refractivity contribution in [2.45, 2.75) is 57.5 Å². The predicted molar refractivity (Wildman–Crippen MR) is 187 cm³/mol. The molecule has 4 atom stereocenters. The zero-order valence-corrected chi connectivity index (χ0v) is 29.0. The van der Waals surface area contributed by atoms with Crippen LogP contribution < -0.4 is 21.3 Å². The number of carbonyl (C=O) groups excluding carboxylic acids is 4. The van der Waals surface area contributed by atoms with E-state index >= 15 is 0 Å². The summed E-state index contributed by atoms with van der Waals surface area (Å²) < 4.78 is 28.4. The van der Waals surface area contributed by atoms with Crippen LogP contribution in [0, 0.1) is 5.92 Å². The van der Waals surface area contributed by atoms with Crippen LogP contribution in [0.4, 0.5) is 4.79 Å². The van der Waals surface area contributed by atoms with E-state index in [2.05, 4.69) is 33.0 Å². The molecule has 4 amide bonds. The normalized spacial score (nSPS) is 14.0. The third-order valence-corrected chi connectivity index (χ3v) is 7.52. The number of hydrogen-bond donors (Lipinski definition) is 6. The van der Waals surface area contributed by atoms with Gasteiger partial charge in [-0.3, -0.25) is 29.0 Å². The molecule has 0 saturated heterocycles. The largest absolute Gasteiger partial charge is 0.481 e. The summed E-state index contributed by atoms with van der Waals surface area (Å²) in [6.45, 7) is 6.45. The van der Waals surface area contributed by atoms with Crippen LogP contribution in [-0.4, -0.2) is 91.5 Å². The van der Waals surface area contributed by atoms with Gasteiger partial charge in [-0.15, -0.1) is 0 Å². The van der Waals surface area contributed by atoms with E-state index in [1.54, 1.807) is 74.5 Å². The molecule has 0 bridgehead atoms. The number of ether oxygens (including phenoxy) is 1.